The van der Waals surface area contributed by atoms with Gasteiger partial charge in [-0.2, -0.15) is 5.10 Å². The highest BCUT2D eigenvalue weighted by molar-refractivity contribution is 5.83. The van der Waals surface area contributed by atoms with Crippen LogP contribution < -0.4 is 5.32 Å². The molecule has 0 aliphatic carbocycles. The molecule has 0 radical (unpaired) electrons. The molecule has 128 valence electrons. The Morgan fingerprint density at radius 3 is 2.58 bits per heavy atom. The number of carbonyl (C=O) groups excluding carboxylic acids is 1. The molecule has 0 spiro atoms. The van der Waals surface area contributed by atoms with Crippen molar-refractivity contribution < 1.29 is 23.5 Å². The van der Waals surface area contributed by atoms with Gasteiger partial charge < -0.3 is 10.4 Å². The van der Waals surface area contributed by atoms with Gasteiger partial charge in [-0.25, -0.2) is 18.3 Å². The van der Waals surface area contributed by atoms with E-state index >= 15 is 0 Å². The van der Waals surface area contributed by atoms with Crippen molar-refractivity contribution in [3.63, 3.8) is 0 Å². The maximum absolute atomic E-state index is 12.3. The number of carbonyl (C=O) groups is 2. The zero-order chi connectivity index (χ0) is 17.5. The van der Waals surface area contributed by atoms with Crippen LogP contribution in [0, 0.1) is 0 Å². The van der Waals surface area contributed by atoms with Crippen molar-refractivity contribution in [1.29, 1.82) is 0 Å². The van der Waals surface area contributed by atoms with Gasteiger partial charge in [0.15, 0.2) is 0 Å². The molecule has 0 saturated heterocycles. The fraction of sp³-hybridized carbons (Fsp3) is 0.312. The standard InChI is InChI=1S/C16H17F2N3O3/c17-14(18)8-13(16(23)24)20-15(22)7-6-11-9-19-21(10-11)12-4-2-1-3-5-12/h1-5,9-10,13-14H,6-8H2,(H,20,22)(H,23,24). The molecule has 2 rings (SSSR count). The first-order chi connectivity index (χ1) is 11.5. The highest BCUT2D eigenvalue weighted by atomic mass is 19.3. The Morgan fingerprint density at radius 2 is 1.96 bits per heavy atom. The number of benzene rings is 1. The highest BCUT2D eigenvalue weighted by Gasteiger charge is 2.23. The third kappa shape index (κ3) is 5.15. The molecular weight excluding hydrogens is 320 g/mol. The fourth-order valence-corrected chi connectivity index (χ4v) is 2.14. The fourth-order valence-electron chi connectivity index (χ4n) is 2.14. The summed E-state index contributed by atoms with van der Waals surface area (Å²) in [4.78, 5) is 22.6. The molecule has 1 heterocycles. The molecule has 0 aliphatic heterocycles. The predicted octanol–water partition coefficient (Wildman–Crippen LogP) is 2.03. The molecule has 0 aliphatic rings. The van der Waals surface area contributed by atoms with E-state index in [-0.39, 0.29) is 6.42 Å². The Kier molecular flexibility index (Phi) is 6.00. The number of para-hydroxylation sites is 1. The third-order valence-electron chi connectivity index (χ3n) is 3.34. The third-order valence-corrected chi connectivity index (χ3v) is 3.34. The summed E-state index contributed by atoms with van der Waals surface area (Å²) in [6.07, 6.45) is -0.0133. The lowest BCUT2D eigenvalue weighted by Crippen LogP contribution is -2.42. The number of halogens is 2. The van der Waals surface area contributed by atoms with E-state index in [9.17, 15) is 18.4 Å². The monoisotopic (exact) mass is 337 g/mol. The van der Waals surface area contributed by atoms with Crippen LogP contribution in [0.2, 0.25) is 0 Å². The number of nitrogens with one attached hydrogen (secondary N) is 1. The molecule has 0 saturated carbocycles. The SMILES string of the molecule is O=C(CCc1cnn(-c2ccccc2)c1)NC(CC(F)F)C(=O)O. The smallest absolute Gasteiger partial charge is 0.326 e. The van der Waals surface area contributed by atoms with Crippen molar-refractivity contribution in [1.82, 2.24) is 15.1 Å². The Bertz CT molecular complexity index is 689. The lowest BCUT2D eigenvalue weighted by atomic mass is 10.1. The number of aromatic nitrogens is 2. The van der Waals surface area contributed by atoms with Crippen LogP contribution in [0.25, 0.3) is 5.69 Å². The quantitative estimate of drug-likeness (QED) is 0.772. The van der Waals surface area contributed by atoms with E-state index in [1.165, 1.54) is 0 Å². The van der Waals surface area contributed by atoms with Gasteiger partial charge in [0.25, 0.3) is 0 Å². The molecule has 0 bridgehead atoms. The Labute approximate surface area is 137 Å². The van der Waals surface area contributed by atoms with Crippen LogP contribution >= 0.6 is 0 Å². The van der Waals surface area contributed by atoms with Crippen LogP contribution in [0.1, 0.15) is 18.4 Å². The zero-order valence-corrected chi connectivity index (χ0v) is 12.7. The maximum Gasteiger partial charge on any atom is 0.326 e. The Hall–Kier alpha value is -2.77. The summed E-state index contributed by atoms with van der Waals surface area (Å²) in [5.41, 5.74) is 1.66. The molecule has 6 nitrogen and oxygen atoms in total. The van der Waals surface area contributed by atoms with Crippen LogP contribution in [0.4, 0.5) is 8.78 Å². The Morgan fingerprint density at radius 1 is 1.25 bits per heavy atom. The number of aliphatic carboxylic acids is 1. The molecule has 1 amide bonds. The first-order valence-corrected chi connectivity index (χ1v) is 7.35. The van der Waals surface area contributed by atoms with Crippen molar-refractivity contribution in [2.45, 2.75) is 31.7 Å². The molecule has 1 aromatic carbocycles. The number of nitrogens with zero attached hydrogens (tertiary/aromatic N) is 2. The summed E-state index contributed by atoms with van der Waals surface area (Å²) in [5.74, 6) is -2.06. The lowest BCUT2D eigenvalue weighted by Gasteiger charge is -2.13. The van der Waals surface area contributed by atoms with Gasteiger partial charge in [-0.3, -0.25) is 4.79 Å². The van der Waals surface area contributed by atoms with Crippen LogP contribution in [-0.2, 0) is 16.0 Å². The highest BCUT2D eigenvalue weighted by Crippen LogP contribution is 2.10. The number of amides is 1. The Balaban J connectivity index is 1.88. The van der Waals surface area contributed by atoms with Gasteiger partial charge in [-0.15, -0.1) is 0 Å². The van der Waals surface area contributed by atoms with E-state index in [1.807, 2.05) is 30.3 Å². The topological polar surface area (TPSA) is 84.2 Å². The second kappa shape index (κ2) is 8.19. The van der Waals surface area contributed by atoms with E-state index in [1.54, 1.807) is 17.1 Å². The summed E-state index contributed by atoms with van der Waals surface area (Å²) >= 11 is 0. The normalized spacial score (nSPS) is 12.1. The summed E-state index contributed by atoms with van der Waals surface area (Å²) in [6.45, 7) is 0. The molecule has 1 unspecified atom stereocenters. The van der Waals surface area contributed by atoms with Gasteiger partial charge >= 0.3 is 5.97 Å². The van der Waals surface area contributed by atoms with Crippen LogP contribution in [0.15, 0.2) is 42.7 Å². The van der Waals surface area contributed by atoms with Crippen LogP contribution in [-0.4, -0.2) is 39.2 Å². The minimum Gasteiger partial charge on any atom is -0.480 e. The number of carboxylic acid groups (broad SMARTS) is 1. The summed E-state index contributed by atoms with van der Waals surface area (Å²) in [6, 6.07) is 7.82. The zero-order valence-electron chi connectivity index (χ0n) is 12.7. The summed E-state index contributed by atoms with van der Waals surface area (Å²) in [5, 5.41) is 15.1. The largest absolute Gasteiger partial charge is 0.480 e. The first-order valence-electron chi connectivity index (χ1n) is 7.35. The minimum absolute atomic E-state index is 0.00645. The van der Waals surface area contributed by atoms with E-state index in [4.69, 9.17) is 5.11 Å². The first kappa shape index (κ1) is 17.6. The van der Waals surface area contributed by atoms with Crippen molar-refractivity contribution in [2.24, 2.45) is 0 Å². The molecule has 1 atom stereocenters. The van der Waals surface area contributed by atoms with Gasteiger partial charge in [0, 0.05) is 19.0 Å². The average Bonchev–Trinajstić information content (AvgIpc) is 3.01. The van der Waals surface area contributed by atoms with Gasteiger partial charge in [0.2, 0.25) is 12.3 Å². The van der Waals surface area contributed by atoms with E-state index in [0.29, 0.717) is 6.42 Å². The van der Waals surface area contributed by atoms with Crippen LogP contribution in [0.5, 0.6) is 0 Å². The molecule has 24 heavy (non-hydrogen) atoms. The number of aryl methyl sites for hydroxylation is 1. The molecule has 8 heteroatoms. The van der Waals surface area contributed by atoms with Crippen molar-refractivity contribution in [3.8, 4) is 5.69 Å². The van der Waals surface area contributed by atoms with Gasteiger partial charge in [-0.1, -0.05) is 18.2 Å². The molecule has 2 aromatic rings. The average molecular weight is 337 g/mol. The number of carboxylic acids is 1. The second-order valence-corrected chi connectivity index (χ2v) is 5.21. The van der Waals surface area contributed by atoms with Crippen molar-refractivity contribution in [2.75, 3.05) is 0 Å². The van der Waals surface area contributed by atoms with Gasteiger partial charge in [0.1, 0.15) is 6.04 Å². The van der Waals surface area contributed by atoms with Gasteiger partial charge in [0.05, 0.1) is 11.9 Å². The molecule has 0 fully saturated rings. The van der Waals surface area contributed by atoms with Crippen molar-refractivity contribution >= 4 is 11.9 Å². The van der Waals surface area contributed by atoms with E-state index in [0.717, 1.165) is 11.3 Å². The predicted molar refractivity (Wildman–Crippen MR) is 82.1 cm³/mol. The number of hydrogen-bond donors (Lipinski definition) is 2. The molecule has 2 N–H and O–H groups in total. The lowest BCUT2D eigenvalue weighted by molar-refractivity contribution is -0.143. The van der Waals surface area contributed by atoms with Crippen LogP contribution in [0.3, 0.4) is 0 Å². The van der Waals surface area contributed by atoms with Crippen molar-refractivity contribution in [3.05, 3.63) is 48.3 Å². The summed E-state index contributed by atoms with van der Waals surface area (Å²) < 4.78 is 26.2. The number of rotatable bonds is 8. The second-order valence-electron chi connectivity index (χ2n) is 5.21. The molecule has 1 aromatic heterocycles. The van der Waals surface area contributed by atoms with Gasteiger partial charge in [-0.05, 0) is 24.1 Å². The van der Waals surface area contributed by atoms with E-state index < -0.39 is 30.8 Å². The summed E-state index contributed by atoms with van der Waals surface area (Å²) in [7, 11) is 0. The number of alkyl halides is 2. The minimum atomic E-state index is -2.80. The molecular formula is C16H17F2N3O3. The van der Waals surface area contributed by atoms with E-state index in [2.05, 4.69) is 10.4 Å². The maximum atomic E-state index is 12.3. The number of hydrogen-bond acceptors (Lipinski definition) is 3.